The van der Waals surface area contributed by atoms with Crippen LogP contribution in [0.15, 0.2) is 48.5 Å². The Balaban J connectivity index is 1.44. The summed E-state index contributed by atoms with van der Waals surface area (Å²) in [5, 5.41) is 9.62. The van der Waals surface area contributed by atoms with Crippen molar-refractivity contribution >= 4 is 11.8 Å². The van der Waals surface area contributed by atoms with E-state index in [0.29, 0.717) is 19.6 Å². The minimum atomic E-state index is -0.276. The fourth-order valence-electron chi connectivity index (χ4n) is 4.17. The average Bonchev–Trinajstić information content (AvgIpc) is 3.08. The number of hydrogen-bond acceptors (Lipinski definition) is 3. The van der Waals surface area contributed by atoms with Crippen LogP contribution in [0.5, 0.6) is 5.75 Å². The Hall–Kier alpha value is -2.82. The van der Waals surface area contributed by atoms with Crippen molar-refractivity contribution in [2.45, 2.75) is 32.4 Å². The van der Waals surface area contributed by atoms with Gasteiger partial charge in [-0.2, -0.15) is 0 Å². The highest BCUT2D eigenvalue weighted by Crippen LogP contribution is 2.31. The van der Waals surface area contributed by atoms with Crippen LogP contribution in [-0.2, 0) is 22.6 Å². The maximum atomic E-state index is 13.0. The molecule has 0 aliphatic carbocycles. The maximum absolute atomic E-state index is 13.0. The number of fused-ring (bicyclic) bond motifs is 1. The molecule has 2 aromatic carbocycles. The lowest BCUT2D eigenvalue weighted by atomic mass is 9.97. The number of hydrogen-bond donors (Lipinski definition) is 1. The molecule has 2 aromatic rings. The summed E-state index contributed by atoms with van der Waals surface area (Å²) in [6.07, 6.45) is 1.02. The molecule has 0 saturated carbocycles. The lowest BCUT2D eigenvalue weighted by molar-refractivity contribution is -0.136. The molecule has 2 atom stereocenters. The Morgan fingerprint density at radius 3 is 2.70 bits per heavy atom. The summed E-state index contributed by atoms with van der Waals surface area (Å²) in [6.45, 7) is 3.68. The fraction of sp³-hybridized carbons (Fsp3) is 0.364. The third-order valence-electron chi connectivity index (χ3n) is 5.77. The molecule has 5 heteroatoms. The van der Waals surface area contributed by atoms with Crippen LogP contribution < -0.4 is 0 Å². The van der Waals surface area contributed by atoms with Crippen LogP contribution in [0.4, 0.5) is 0 Å². The Morgan fingerprint density at radius 2 is 1.93 bits per heavy atom. The van der Waals surface area contributed by atoms with Gasteiger partial charge in [-0.1, -0.05) is 36.4 Å². The van der Waals surface area contributed by atoms with Crippen LogP contribution in [0, 0.1) is 5.92 Å². The zero-order valence-corrected chi connectivity index (χ0v) is 15.5. The molecule has 1 saturated heterocycles. The molecule has 27 heavy (non-hydrogen) atoms. The van der Waals surface area contributed by atoms with Crippen molar-refractivity contribution in [1.82, 2.24) is 9.80 Å². The van der Waals surface area contributed by atoms with Gasteiger partial charge in [-0.05, 0) is 42.2 Å². The van der Waals surface area contributed by atoms with Crippen LogP contribution >= 0.6 is 0 Å². The van der Waals surface area contributed by atoms with Crippen molar-refractivity contribution in [3.63, 3.8) is 0 Å². The number of likely N-dealkylation sites (tertiary alicyclic amines) is 1. The van der Waals surface area contributed by atoms with Crippen LogP contribution in [0.1, 0.15) is 36.1 Å². The van der Waals surface area contributed by atoms with Gasteiger partial charge in [-0.3, -0.25) is 9.59 Å². The second kappa shape index (κ2) is 7.06. The number of nitrogens with zero attached hydrogens (tertiary/aromatic N) is 2. The first-order valence-electron chi connectivity index (χ1n) is 9.47. The number of amides is 2. The van der Waals surface area contributed by atoms with Gasteiger partial charge in [0.1, 0.15) is 5.75 Å². The van der Waals surface area contributed by atoms with Crippen molar-refractivity contribution in [3.8, 4) is 5.75 Å². The van der Waals surface area contributed by atoms with Crippen molar-refractivity contribution in [2.24, 2.45) is 5.92 Å². The Kier molecular flexibility index (Phi) is 4.60. The molecule has 4 rings (SSSR count). The predicted molar refractivity (Wildman–Crippen MR) is 102 cm³/mol. The molecule has 140 valence electrons. The maximum Gasteiger partial charge on any atom is 0.228 e. The molecule has 1 N–H and O–H groups in total. The normalized spacial score (nSPS) is 20.5. The van der Waals surface area contributed by atoms with Gasteiger partial charge in [0.15, 0.2) is 0 Å². The summed E-state index contributed by atoms with van der Waals surface area (Å²) >= 11 is 0. The molecular weight excluding hydrogens is 340 g/mol. The first-order valence-corrected chi connectivity index (χ1v) is 9.47. The molecule has 2 aliphatic heterocycles. The average molecular weight is 364 g/mol. The van der Waals surface area contributed by atoms with Crippen LogP contribution in [0.25, 0.3) is 0 Å². The molecule has 2 aliphatic rings. The molecule has 0 spiro atoms. The highest BCUT2D eigenvalue weighted by molar-refractivity contribution is 5.89. The number of benzene rings is 2. The number of carbonyl (C=O) groups excluding carboxylic acids is 2. The molecule has 1 fully saturated rings. The highest BCUT2D eigenvalue weighted by Gasteiger charge is 2.39. The van der Waals surface area contributed by atoms with Gasteiger partial charge in [0.25, 0.3) is 0 Å². The summed E-state index contributed by atoms with van der Waals surface area (Å²) in [5.41, 5.74) is 3.26. The monoisotopic (exact) mass is 364 g/mol. The summed E-state index contributed by atoms with van der Waals surface area (Å²) in [6, 6.07) is 15.2. The van der Waals surface area contributed by atoms with E-state index in [1.54, 1.807) is 12.1 Å². The summed E-state index contributed by atoms with van der Waals surface area (Å²) in [7, 11) is 0. The number of aromatic hydroxyl groups is 1. The molecule has 0 radical (unpaired) electrons. The molecule has 2 heterocycles. The first kappa shape index (κ1) is 17.6. The summed E-state index contributed by atoms with van der Waals surface area (Å²) in [5.74, 6) is 0.0969. The number of rotatable bonds is 3. The summed E-state index contributed by atoms with van der Waals surface area (Å²) < 4.78 is 0. The number of phenols is 1. The molecular formula is C22H24N2O3. The zero-order valence-electron chi connectivity index (χ0n) is 15.5. The Bertz CT molecular complexity index is 865. The zero-order chi connectivity index (χ0) is 19.0. The van der Waals surface area contributed by atoms with Gasteiger partial charge in [0.2, 0.25) is 11.8 Å². The minimum Gasteiger partial charge on any atom is -0.508 e. The van der Waals surface area contributed by atoms with Gasteiger partial charge in [-0.25, -0.2) is 0 Å². The van der Waals surface area contributed by atoms with E-state index in [-0.39, 0.29) is 35.9 Å². The second-order valence-electron chi connectivity index (χ2n) is 7.50. The van der Waals surface area contributed by atoms with Gasteiger partial charge < -0.3 is 14.9 Å². The predicted octanol–water partition coefficient (Wildman–Crippen LogP) is 2.89. The van der Waals surface area contributed by atoms with Gasteiger partial charge in [0.05, 0.1) is 12.0 Å². The third-order valence-corrected chi connectivity index (χ3v) is 5.77. The molecule has 2 amide bonds. The van der Waals surface area contributed by atoms with Crippen molar-refractivity contribution in [1.29, 1.82) is 0 Å². The van der Waals surface area contributed by atoms with E-state index in [9.17, 15) is 14.7 Å². The number of carbonyl (C=O) groups is 2. The molecule has 0 aromatic heterocycles. The van der Waals surface area contributed by atoms with E-state index in [0.717, 1.165) is 23.1 Å². The second-order valence-corrected chi connectivity index (χ2v) is 7.50. The van der Waals surface area contributed by atoms with Crippen LogP contribution in [0.2, 0.25) is 0 Å². The molecule has 5 nitrogen and oxygen atoms in total. The lowest BCUT2D eigenvalue weighted by Gasteiger charge is -2.31. The van der Waals surface area contributed by atoms with Crippen LogP contribution in [-0.4, -0.2) is 39.8 Å². The lowest BCUT2D eigenvalue weighted by Crippen LogP contribution is -2.40. The highest BCUT2D eigenvalue weighted by atomic mass is 16.3. The SMILES string of the molecule is CC(c1ccccc1)N1CC(C(=O)N2CCc3cc(O)ccc3C2)CC1=O. The van der Waals surface area contributed by atoms with Crippen molar-refractivity contribution < 1.29 is 14.7 Å². The standard InChI is InChI=1S/C22H24N2O3/c1-15(16-5-3-2-4-6-16)24-14-19(12-21(24)26)22(27)23-10-9-17-11-20(25)8-7-18(17)13-23/h2-8,11,15,19,25H,9-10,12-14H2,1H3. The number of phenolic OH excluding ortho intramolecular Hbond substituents is 1. The van der Waals surface area contributed by atoms with Gasteiger partial charge >= 0.3 is 0 Å². The Labute approximate surface area is 159 Å². The van der Waals surface area contributed by atoms with E-state index >= 15 is 0 Å². The van der Waals surface area contributed by atoms with Gasteiger partial charge in [0, 0.05) is 26.1 Å². The van der Waals surface area contributed by atoms with E-state index < -0.39 is 0 Å². The van der Waals surface area contributed by atoms with E-state index in [2.05, 4.69) is 0 Å². The Morgan fingerprint density at radius 1 is 1.15 bits per heavy atom. The topological polar surface area (TPSA) is 60.9 Å². The smallest absolute Gasteiger partial charge is 0.228 e. The van der Waals surface area contributed by atoms with Gasteiger partial charge in [-0.15, -0.1) is 0 Å². The van der Waals surface area contributed by atoms with Crippen molar-refractivity contribution in [2.75, 3.05) is 13.1 Å². The molecule has 0 bridgehead atoms. The van der Waals surface area contributed by atoms with E-state index in [1.807, 2.05) is 53.1 Å². The first-order chi connectivity index (χ1) is 13.0. The third kappa shape index (κ3) is 3.42. The van der Waals surface area contributed by atoms with E-state index in [4.69, 9.17) is 0 Å². The van der Waals surface area contributed by atoms with E-state index in [1.165, 1.54) is 0 Å². The molecule has 2 unspecified atom stereocenters. The minimum absolute atomic E-state index is 0.0263. The summed E-state index contributed by atoms with van der Waals surface area (Å²) in [4.78, 5) is 29.3. The quantitative estimate of drug-likeness (QED) is 0.911. The van der Waals surface area contributed by atoms with Crippen LogP contribution in [0.3, 0.4) is 0 Å². The fourth-order valence-corrected chi connectivity index (χ4v) is 4.17. The van der Waals surface area contributed by atoms with Crippen molar-refractivity contribution in [3.05, 3.63) is 65.2 Å². The largest absolute Gasteiger partial charge is 0.508 e.